The van der Waals surface area contributed by atoms with E-state index in [0.29, 0.717) is 18.9 Å². The van der Waals surface area contributed by atoms with E-state index in [9.17, 15) is 4.79 Å². The van der Waals surface area contributed by atoms with Crippen LogP contribution in [0.1, 0.15) is 44.5 Å². The van der Waals surface area contributed by atoms with Crippen molar-refractivity contribution in [2.75, 3.05) is 41.0 Å². The van der Waals surface area contributed by atoms with E-state index < -0.39 is 0 Å². The largest absolute Gasteiger partial charge is 0.493 e. The summed E-state index contributed by atoms with van der Waals surface area (Å²) in [6.45, 7) is 6.56. The number of aromatic nitrogens is 1. The Hall–Kier alpha value is -3.09. The van der Waals surface area contributed by atoms with Gasteiger partial charge in [0.15, 0.2) is 17.3 Å². The van der Waals surface area contributed by atoms with E-state index >= 15 is 0 Å². The van der Waals surface area contributed by atoms with Crippen molar-refractivity contribution in [3.8, 4) is 11.5 Å². The highest BCUT2D eigenvalue weighted by Crippen LogP contribution is 2.41. The number of methoxy groups -OCH3 is 3. The molecule has 1 aliphatic rings. The summed E-state index contributed by atoms with van der Waals surface area (Å²) in [5.74, 6) is 1.58. The zero-order valence-corrected chi connectivity index (χ0v) is 20.8. The van der Waals surface area contributed by atoms with Gasteiger partial charge in [0.1, 0.15) is 0 Å². The fraction of sp³-hybridized carbons (Fsp3) is 0.393. The summed E-state index contributed by atoms with van der Waals surface area (Å²) in [6.07, 6.45) is 0.846. The third kappa shape index (κ3) is 4.61. The van der Waals surface area contributed by atoms with Crippen LogP contribution in [0.5, 0.6) is 11.5 Å². The maximum Gasteiger partial charge on any atom is 0.178 e. The van der Waals surface area contributed by atoms with Crippen molar-refractivity contribution >= 4 is 5.78 Å². The molecule has 1 atom stereocenters. The Morgan fingerprint density at radius 1 is 1.00 bits per heavy atom. The van der Waals surface area contributed by atoms with Crippen LogP contribution in [0.4, 0.5) is 0 Å². The van der Waals surface area contributed by atoms with Gasteiger partial charge in [-0.1, -0.05) is 30.3 Å². The number of hydrogen-bond donors (Lipinski definition) is 0. The zero-order chi connectivity index (χ0) is 24.2. The first-order valence-corrected chi connectivity index (χ1v) is 11.7. The Labute approximate surface area is 202 Å². The van der Waals surface area contributed by atoms with Gasteiger partial charge in [-0.3, -0.25) is 9.69 Å². The molecular formula is C28H34N2O4. The van der Waals surface area contributed by atoms with Crippen molar-refractivity contribution in [3.63, 3.8) is 0 Å². The van der Waals surface area contributed by atoms with Gasteiger partial charge in [-0.2, -0.15) is 0 Å². The topological polar surface area (TPSA) is 52.9 Å². The molecule has 3 aromatic rings. The van der Waals surface area contributed by atoms with Gasteiger partial charge in [-0.25, -0.2) is 0 Å². The van der Waals surface area contributed by atoms with Crippen molar-refractivity contribution in [2.45, 2.75) is 32.9 Å². The van der Waals surface area contributed by atoms with E-state index in [-0.39, 0.29) is 11.8 Å². The normalized spacial score (nSPS) is 15.7. The quantitative estimate of drug-likeness (QED) is 0.435. The molecule has 0 fully saturated rings. The molecule has 1 unspecified atom stereocenters. The van der Waals surface area contributed by atoms with Crippen LogP contribution >= 0.6 is 0 Å². The van der Waals surface area contributed by atoms with Gasteiger partial charge in [-0.05, 0) is 55.2 Å². The van der Waals surface area contributed by atoms with Gasteiger partial charge in [0.25, 0.3) is 0 Å². The second kappa shape index (κ2) is 10.5. The molecule has 1 aromatic heterocycles. The SMILES string of the molecule is COCCn1c(C)cc(C(=O)CN2CCc3cc(OC)c(OC)cc3C2c2ccccc2)c1C. The number of carbonyl (C=O) groups is 1. The zero-order valence-electron chi connectivity index (χ0n) is 20.8. The molecular weight excluding hydrogens is 428 g/mol. The van der Waals surface area contributed by atoms with Crippen molar-refractivity contribution in [2.24, 2.45) is 0 Å². The van der Waals surface area contributed by atoms with Crippen molar-refractivity contribution < 1.29 is 19.0 Å². The number of aryl methyl sites for hydroxylation is 1. The lowest BCUT2D eigenvalue weighted by atomic mass is 9.87. The lowest BCUT2D eigenvalue weighted by Crippen LogP contribution is -2.39. The number of nitrogens with zero attached hydrogens (tertiary/aromatic N) is 2. The smallest absolute Gasteiger partial charge is 0.178 e. The van der Waals surface area contributed by atoms with Crippen molar-refractivity contribution in [1.82, 2.24) is 9.47 Å². The first kappa shape index (κ1) is 24.0. The molecule has 180 valence electrons. The van der Waals surface area contributed by atoms with E-state index in [4.69, 9.17) is 14.2 Å². The van der Waals surface area contributed by atoms with Crippen LogP contribution in [0, 0.1) is 13.8 Å². The molecule has 2 heterocycles. The molecule has 0 bridgehead atoms. The van der Waals surface area contributed by atoms with E-state index in [1.807, 2.05) is 38.1 Å². The molecule has 0 spiro atoms. The first-order chi connectivity index (χ1) is 16.5. The monoisotopic (exact) mass is 462 g/mol. The highest BCUT2D eigenvalue weighted by Gasteiger charge is 2.32. The fourth-order valence-electron chi connectivity index (χ4n) is 5.07. The van der Waals surface area contributed by atoms with Crippen LogP contribution in [0.15, 0.2) is 48.5 Å². The number of Topliss-reactive ketones (excluding diaryl/α,β-unsaturated/α-hetero) is 1. The molecule has 6 nitrogen and oxygen atoms in total. The Morgan fingerprint density at radius 3 is 2.38 bits per heavy atom. The Balaban J connectivity index is 1.69. The van der Waals surface area contributed by atoms with E-state index in [1.54, 1.807) is 21.3 Å². The van der Waals surface area contributed by atoms with Gasteiger partial charge < -0.3 is 18.8 Å². The average Bonchev–Trinajstić information content (AvgIpc) is 3.15. The highest BCUT2D eigenvalue weighted by molar-refractivity contribution is 5.99. The molecule has 4 rings (SSSR count). The second-order valence-corrected chi connectivity index (χ2v) is 8.79. The predicted octanol–water partition coefficient (Wildman–Crippen LogP) is 4.60. The maximum absolute atomic E-state index is 13.6. The molecule has 0 saturated heterocycles. The number of ketones is 1. The fourth-order valence-corrected chi connectivity index (χ4v) is 5.07. The third-order valence-corrected chi connectivity index (χ3v) is 6.83. The lowest BCUT2D eigenvalue weighted by molar-refractivity contribution is 0.0899. The third-order valence-electron chi connectivity index (χ3n) is 6.83. The molecule has 0 aliphatic carbocycles. The summed E-state index contributed by atoms with van der Waals surface area (Å²) in [6, 6.07) is 16.5. The number of carbonyl (C=O) groups excluding carboxylic acids is 1. The number of rotatable bonds is 9. The molecule has 6 heteroatoms. The van der Waals surface area contributed by atoms with Crippen LogP contribution < -0.4 is 9.47 Å². The molecule has 0 N–H and O–H groups in total. The molecule has 0 saturated carbocycles. The summed E-state index contributed by atoms with van der Waals surface area (Å²) in [5, 5.41) is 0. The molecule has 0 amide bonds. The summed E-state index contributed by atoms with van der Waals surface area (Å²) in [4.78, 5) is 15.8. The van der Waals surface area contributed by atoms with Crippen LogP contribution in [0.3, 0.4) is 0 Å². The van der Waals surface area contributed by atoms with Gasteiger partial charge in [0, 0.05) is 37.2 Å². The van der Waals surface area contributed by atoms with Gasteiger partial charge in [0.2, 0.25) is 0 Å². The summed E-state index contributed by atoms with van der Waals surface area (Å²) < 4.78 is 18.6. The maximum atomic E-state index is 13.6. The molecule has 34 heavy (non-hydrogen) atoms. The van der Waals surface area contributed by atoms with Crippen LogP contribution in [0.2, 0.25) is 0 Å². The first-order valence-electron chi connectivity index (χ1n) is 11.7. The average molecular weight is 463 g/mol. The minimum Gasteiger partial charge on any atom is -0.493 e. The minimum absolute atomic E-state index is 0.0364. The van der Waals surface area contributed by atoms with E-state index in [2.05, 4.69) is 33.7 Å². The van der Waals surface area contributed by atoms with E-state index in [1.165, 1.54) is 5.56 Å². The molecule has 2 aromatic carbocycles. The Kier molecular flexibility index (Phi) is 7.39. The Morgan fingerprint density at radius 2 is 1.71 bits per heavy atom. The molecule has 0 radical (unpaired) electrons. The summed E-state index contributed by atoms with van der Waals surface area (Å²) >= 11 is 0. The van der Waals surface area contributed by atoms with Crippen LogP contribution in [-0.4, -0.2) is 56.3 Å². The van der Waals surface area contributed by atoms with Gasteiger partial charge in [0.05, 0.1) is 33.4 Å². The lowest BCUT2D eigenvalue weighted by Gasteiger charge is -2.37. The minimum atomic E-state index is -0.0364. The van der Waals surface area contributed by atoms with Crippen molar-refractivity contribution in [3.05, 3.63) is 82.2 Å². The number of ether oxygens (including phenoxy) is 3. The number of fused-ring (bicyclic) bond motifs is 1. The van der Waals surface area contributed by atoms with Crippen LogP contribution in [0.25, 0.3) is 0 Å². The van der Waals surface area contributed by atoms with E-state index in [0.717, 1.165) is 53.3 Å². The highest BCUT2D eigenvalue weighted by atomic mass is 16.5. The number of hydrogen-bond acceptors (Lipinski definition) is 5. The van der Waals surface area contributed by atoms with Gasteiger partial charge >= 0.3 is 0 Å². The summed E-state index contributed by atoms with van der Waals surface area (Å²) in [7, 11) is 5.02. The Bertz CT molecular complexity index is 1150. The second-order valence-electron chi connectivity index (χ2n) is 8.79. The summed E-state index contributed by atoms with van der Waals surface area (Å²) in [5.41, 5.74) is 6.42. The van der Waals surface area contributed by atoms with Crippen molar-refractivity contribution in [1.29, 1.82) is 0 Å². The predicted molar refractivity (Wildman–Crippen MR) is 133 cm³/mol. The van der Waals surface area contributed by atoms with Crippen LogP contribution in [-0.2, 0) is 17.7 Å². The standard InChI is InChI=1S/C28H34N2O4/c1-19-15-23(20(2)30(19)13-14-32-3)25(31)18-29-12-11-22-16-26(33-4)27(34-5)17-24(22)28(29)21-9-7-6-8-10-21/h6-10,15-17,28H,11-14,18H2,1-5H3. The van der Waals surface area contributed by atoms with Gasteiger partial charge in [-0.15, -0.1) is 0 Å². The molecule has 1 aliphatic heterocycles. The number of benzene rings is 2.